The number of hydrogen-bond acceptors (Lipinski definition) is 5. The van der Waals surface area contributed by atoms with Gasteiger partial charge in [0.2, 0.25) is 0 Å². The van der Waals surface area contributed by atoms with Crippen LogP contribution in [0.4, 0.5) is 0 Å². The smallest absolute Gasteiger partial charge is 0.335 e. The Morgan fingerprint density at radius 1 is 1.14 bits per heavy atom. The predicted molar refractivity (Wildman–Crippen MR) is 83.8 cm³/mol. The molecule has 2 heterocycles. The molecule has 7 heteroatoms. The number of carbonyl (C=O) groups is 1. The highest BCUT2D eigenvalue weighted by Crippen LogP contribution is 2.27. The molecule has 2 aromatic heterocycles. The molecule has 1 unspecified atom stereocenters. The van der Waals surface area contributed by atoms with E-state index in [-0.39, 0.29) is 10.8 Å². The first-order valence-electron chi connectivity index (χ1n) is 6.49. The third-order valence-corrected chi connectivity index (χ3v) is 3.72. The number of thiol groups is 1. The van der Waals surface area contributed by atoms with Gasteiger partial charge in [-0.15, -0.1) is 0 Å². The summed E-state index contributed by atoms with van der Waals surface area (Å²) >= 11 is 4.53. The molecular weight excluding hydrogens is 300 g/mol. The summed E-state index contributed by atoms with van der Waals surface area (Å²) in [5, 5.41) is 15.6. The molecule has 1 aromatic carbocycles. The first kappa shape index (κ1) is 14.3. The number of pyridine rings is 1. The average molecular weight is 312 g/mol. The van der Waals surface area contributed by atoms with Gasteiger partial charge in [0.05, 0.1) is 10.8 Å². The molecule has 0 aliphatic rings. The van der Waals surface area contributed by atoms with E-state index in [0.717, 1.165) is 11.1 Å². The third kappa shape index (κ3) is 2.84. The first-order valence-corrected chi connectivity index (χ1v) is 7.01. The number of nitrogens with one attached hydrogen (secondary N) is 1. The Balaban J connectivity index is 1.85. The van der Waals surface area contributed by atoms with Crippen LogP contribution in [-0.2, 0) is 0 Å². The Bertz CT molecular complexity index is 787. The SMILES string of the molecule is O=C(O)c1ccc(C(S)c2nc(-c3ccncc3)n[nH]2)cc1. The molecule has 0 aliphatic heterocycles. The van der Waals surface area contributed by atoms with Gasteiger partial charge in [0, 0.05) is 18.0 Å². The number of carboxylic acids is 1. The summed E-state index contributed by atoms with van der Waals surface area (Å²) in [6.07, 6.45) is 3.35. The maximum Gasteiger partial charge on any atom is 0.335 e. The van der Waals surface area contributed by atoms with Crippen LogP contribution in [0.5, 0.6) is 0 Å². The van der Waals surface area contributed by atoms with Crippen molar-refractivity contribution in [3.8, 4) is 11.4 Å². The molecule has 0 fully saturated rings. The standard InChI is InChI=1S/C15H12N4O2S/c20-15(21)11-3-1-9(2-4-11)12(22)14-17-13(18-19-14)10-5-7-16-8-6-10/h1-8,12,22H,(H,20,21)(H,17,18,19). The Morgan fingerprint density at radius 3 is 2.45 bits per heavy atom. The summed E-state index contributed by atoms with van der Waals surface area (Å²) < 4.78 is 0. The van der Waals surface area contributed by atoms with E-state index < -0.39 is 5.97 Å². The molecule has 0 aliphatic carbocycles. The quantitative estimate of drug-likeness (QED) is 0.644. The summed E-state index contributed by atoms with van der Waals surface area (Å²) in [5.41, 5.74) is 1.93. The van der Waals surface area contributed by atoms with Crippen molar-refractivity contribution in [2.75, 3.05) is 0 Å². The molecule has 0 saturated heterocycles. The van der Waals surface area contributed by atoms with Crippen molar-refractivity contribution in [3.05, 3.63) is 65.7 Å². The maximum absolute atomic E-state index is 10.9. The van der Waals surface area contributed by atoms with E-state index >= 15 is 0 Å². The van der Waals surface area contributed by atoms with Crippen LogP contribution < -0.4 is 0 Å². The van der Waals surface area contributed by atoms with Crippen molar-refractivity contribution in [2.24, 2.45) is 0 Å². The zero-order valence-electron chi connectivity index (χ0n) is 11.3. The van der Waals surface area contributed by atoms with Crippen LogP contribution in [0.25, 0.3) is 11.4 Å². The largest absolute Gasteiger partial charge is 0.478 e. The molecule has 0 spiro atoms. The van der Waals surface area contributed by atoms with Crippen molar-refractivity contribution < 1.29 is 9.90 Å². The van der Waals surface area contributed by atoms with Crippen LogP contribution in [0, 0.1) is 0 Å². The summed E-state index contributed by atoms with van der Waals surface area (Å²) in [6.45, 7) is 0. The van der Waals surface area contributed by atoms with Crippen LogP contribution in [0.3, 0.4) is 0 Å². The Hall–Kier alpha value is -2.67. The van der Waals surface area contributed by atoms with Gasteiger partial charge < -0.3 is 5.11 Å². The molecule has 1 atom stereocenters. The molecule has 0 amide bonds. The zero-order chi connectivity index (χ0) is 15.5. The van der Waals surface area contributed by atoms with Gasteiger partial charge in [-0.3, -0.25) is 10.1 Å². The molecule has 0 radical (unpaired) electrons. The van der Waals surface area contributed by atoms with Crippen LogP contribution in [0.15, 0.2) is 48.8 Å². The Morgan fingerprint density at radius 2 is 1.82 bits per heavy atom. The van der Waals surface area contributed by atoms with Crippen molar-refractivity contribution in [2.45, 2.75) is 5.25 Å². The molecular formula is C15H12N4O2S. The van der Waals surface area contributed by atoms with Crippen LogP contribution in [-0.4, -0.2) is 31.2 Å². The number of nitrogens with zero attached hydrogens (tertiary/aromatic N) is 3. The molecule has 2 N–H and O–H groups in total. The maximum atomic E-state index is 10.9. The van der Waals surface area contributed by atoms with E-state index in [9.17, 15) is 4.79 Å². The second-order valence-electron chi connectivity index (χ2n) is 4.61. The Labute approximate surface area is 131 Å². The fraction of sp³-hybridized carbons (Fsp3) is 0.0667. The molecule has 110 valence electrons. The number of aromatic nitrogens is 4. The van der Waals surface area contributed by atoms with Gasteiger partial charge in [0.1, 0.15) is 5.82 Å². The van der Waals surface area contributed by atoms with E-state index in [4.69, 9.17) is 5.11 Å². The van der Waals surface area contributed by atoms with Gasteiger partial charge in [-0.1, -0.05) is 12.1 Å². The minimum atomic E-state index is -0.957. The highest BCUT2D eigenvalue weighted by atomic mass is 32.1. The fourth-order valence-corrected chi connectivity index (χ4v) is 2.28. The fourth-order valence-electron chi connectivity index (χ4n) is 1.99. The van der Waals surface area contributed by atoms with E-state index in [1.54, 1.807) is 36.7 Å². The van der Waals surface area contributed by atoms with Crippen molar-refractivity contribution in [1.82, 2.24) is 20.2 Å². The highest BCUT2D eigenvalue weighted by molar-refractivity contribution is 7.80. The van der Waals surface area contributed by atoms with Crippen LogP contribution in [0.1, 0.15) is 27.0 Å². The van der Waals surface area contributed by atoms with E-state index in [2.05, 4.69) is 32.8 Å². The van der Waals surface area contributed by atoms with Gasteiger partial charge in [-0.2, -0.15) is 17.7 Å². The molecule has 22 heavy (non-hydrogen) atoms. The summed E-state index contributed by atoms with van der Waals surface area (Å²) in [5.74, 6) is 0.207. The number of aromatic carboxylic acids is 1. The van der Waals surface area contributed by atoms with Gasteiger partial charge in [-0.25, -0.2) is 9.78 Å². The molecule has 0 bridgehead atoms. The number of benzene rings is 1. The second kappa shape index (κ2) is 5.98. The lowest BCUT2D eigenvalue weighted by Gasteiger charge is -2.07. The zero-order valence-corrected chi connectivity index (χ0v) is 12.2. The van der Waals surface area contributed by atoms with Crippen molar-refractivity contribution in [3.63, 3.8) is 0 Å². The van der Waals surface area contributed by atoms with Gasteiger partial charge in [-0.05, 0) is 29.8 Å². The summed E-state index contributed by atoms with van der Waals surface area (Å²) in [6, 6.07) is 10.2. The predicted octanol–water partition coefficient (Wildman–Crippen LogP) is 2.58. The number of aromatic amines is 1. The van der Waals surface area contributed by atoms with Gasteiger partial charge in [0.25, 0.3) is 0 Å². The number of carboxylic acid groups (broad SMARTS) is 1. The van der Waals surface area contributed by atoms with Crippen molar-refractivity contribution in [1.29, 1.82) is 0 Å². The first-order chi connectivity index (χ1) is 10.6. The summed E-state index contributed by atoms with van der Waals surface area (Å²) in [4.78, 5) is 19.2. The minimum Gasteiger partial charge on any atom is -0.478 e. The average Bonchev–Trinajstić information content (AvgIpc) is 3.05. The lowest BCUT2D eigenvalue weighted by molar-refractivity contribution is 0.0697. The van der Waals surface area contributed by atoms with E-state index in [1.807, 2.05) is 12.1 Å². The molecule has 6 nitrogen and oxygen atoms in total. The van der Waals surface area contributed by atoms with E-state index in [0.29, 0.717) is 11.6 Å². The molecule has 3 rings (SSSR count). The van der Waals surface area contributed by atoms with Crippen molar-refractivity contribution >= 4 is 18.6 Å². The Kier molecular flexibility index (Phi) is 3.88. The van der Waals surface area contributed by atoms with E-state index in [1.165, 1.54) is 0 Å². The lowest BCUT2D eigenvalue weighted by Crippen LogP contribution is -1.99. The lowest BCUT2D eigenvalue weighted by atomic mass is 10.1. The topological polar surface area (TPSA) is 91.8 Å². The van der Waals surface area contributed by atoms with Crippen LogP contribution >= 0.6 is 12.6 Å². The molecule has 0 saturated carbocycles. The number of rotatable bonds is 4. The highest BCUT2D eigenvalue weighted by Gasteiger charge is 2.15. The normalized spacial score (nSPS) is 12.0. The second-order valence-corrected chi connectivity index (χ2v) is 5.13. The third-order valence-electron chi connectivity index (χ3n) is 3.17. The summed E-state index contributed by atoms with van der Waals surface area (Å²) in [7, 11) is 0. The van der Waals surface area contributed by atoms with Gasteiger partial charge in [0.15, 0.2) is 5.82 Å². The van der Waals surface area contributed by atoms with Gasteiger partial charge >= 0.3 is 5.97 Å². The van der Waals surface area contributed by atoms with Crippen LogP contribution in [0.2, 0.25) is 0 Å². The number of hydrogen-bond donors (Lipinski definition) is 3. The monoisotopic (exact) mass is 312 g/mol. The number of H-pyrrole nitrogens is 1. The molecule has 3 aromatic rings. The minimum absolute atomic E-state index is 0.235.